The van der Waals surface area contributed by atoms with Crippen LogP contribution in [0, 0.1) is 0 Å². The zero-order valence-corrected chi connectivity index (χ0v) is 12.2. The van der Waals surface area contributed by atoms with E-state index in [-0.39, 0.29) is 18.4 Å². The lowest BCUT2D eigenvalue weighted by molar-refractivity contribution is -0.152. The van der Waals surface area contributed by atoms with Crippen molar-refractivity contribution in [1.29, 1.82) is 0 Å². The average Bonchev–Trinajstić information content (AvgIpc) is 2.38. The van der Waals surface area contributed by atoms with Crippen LogP contribution in [-0.2, 0) is 6.42 Å². The second kappa shape index (κ2) is 7.29. The van der Waals surface area contributed by atoms with Crippen molar-refractivity contribution in [3.8, 4) is 0 Å². The Hall–Kier alpha value is -0.780. The SMILES string of the molecule is CCc1ccc(C2CNCCN2CC(F)(F)F)cc1.Cl. The van der Waals surface area contributed by atoms with Crippen LogP contribution in [0.2, 0.25) is 0 Å². The molecule has 1 aromatic carbocycles. The van der Waals surface area contributed by atoms with Gasteiger partial charge in [0.15, 0.2) is 0 Å². The fourth-order valence-electron chi connectivity index (χ4n) is 2.47. The number of nitrogens with zero attached hydrogens (tertiary/aromatic N) is 1. The van der Waals surface area contributed by atoms with Crippen LogP contribution < -0.4 is 5.32 Å². The summed E-state index contributed by atoms with van der Waals surface area (Å²) in [6.07, 6.45) is -3.20. The lowest BCUT2D eigenvalue weighted by atomic mass is 10.0. The molecule has 0 saturated carbocycles. The normalized spacial score (nSPS) is 20.5. The van der Waals surface area contributed by atoms with E-state index in [9.17, 15) is 13.2 Å². The molecule has 1 saturated heterocycles. The first-order chi connectivity index (χ1) is 8.99. The van der Waals surface area contributed by atoms with Gasteiger partial charge in [0, 0.05) is 25.7 Å². The van der Waals surface area contributed by atoms with Crippen LogP contribution in [0.5, 0.6) is 0 Å². The molecule has 6 heteroatoms. The monoisotopic (exact) mass is 308 g/mol. The fourth-order valence-corrected chi connectivity index (χ4v) is 2.47. The Balaban J connectivity index is 0.00000200. The zero-order valence-electron chi connectivity index (χ0n) is 11.4. The second-order valence-corrected chi connectivity index (χ2v) is 4.90. The van der Waals surface area contributed by atoms with Crippen molar-refractivity contribution in [2.45, 2.75) is 25.6 Å². The molecule has 20 heavy (non-hydrogen) atoms. The number of piperazine rings is 1. The van der Waals surface area contributed by atoms with E-state index in [1.165, 1.54) is 10.5 Å². The summed E-state index contributed by atoms with van der Waals surface area (Å²) in [5.74, 6) is 0. The van der Waals surface area contributed by atoms with E-state index >= 15 is 0 Å². The number of nitrogens with one attached hydrogen (secondary N) is 1. The molecule has 1 N–H and O–H groups in total. The smallest absolute Gasteiger partial charge is 0.314 e. The highest BCUT2D eigenvalue weighted by molar-refractivity contribution is 5.85. The van der Waals surface area contributed by atoms with Gasteiger partial charge in [-0.3, -0.25) is 4.90 Å². The lowest BCUT2D eigenvalue weighted by Crippen LogP contribution is -2.49. The Morgan fingerprint density at radius 1 is 1.25 bits per heavy atom. The molecule has 1 heterocycles. The summed E-state index contributed by atoms with van der Waals surface area (Å²) in [6.45, 7) is 2.84. The predicted molar refractivity (Wildman–Crippen MR) is 76.3 cm³/mol. The highest BCUT2D eigenvalue weighted by Crippen LogP contribution is 2.27. The number of rotatable bonds is 3. The van der Waals surface area contributed by atoms with Gasteiger partial charge in [-0.15, -0.1) is 12.4 Å². The van der Waals surface area contributed by atoms with Crippen LogP contribution in [0.3, 0.4) is 0 Å². The molecule has 0 aliphatic carbocycles. The molecule has 0 bridgehead atoms. The highest BCUT2D eigenvalue weighted by atomic mass is 35.5. The largest absolute Gasteiger partial charge is 0.401 e. The zero-order chi connectivity index (χ0) is 13.9. The molecule has 1 aliphatic rings. The third kappa shape index (κ3) is 4.65. The summed E-state index contributed by atoms with van der Waals surface area (Å²) in [5, 5.41) is 3.17. The molecule has 0 aromatic heterocycles. The van der Waals surface area contributed by atoms with Crippen LogP contribution in [0.15, 0.2) is 24.3 Å². The molecule has 114 valence electrons. The van der Waals surface area contributed by atoms with Gasteiger partial charge in [0.2, 0.25) is 0 Å². The third-order valence-corrected chi connectivity index (χ3v) is 3.51. The maximum atomic E-state index is 12.6. The van der Waals surface area contributed by atoms with E-state index in [4.69, 9.17) is 0 Å². The van der Waals surface area contributed by atoms with Crippen molar-refractivity contribution >= 4 is 12.4 Å². The topological polar surface area (TPSA) is 15.3 Å². The maximum Gasteiger partial charge on any atom is 0.401 e. The van der Waals surface area contributed by atoms with Gasteiger partial charge in [-0.05, 0) is 17.5 Å². The molecule has 1 aliphatic heterocycles. The van der Waals surface area contributed by atoms with Gasteiger partial charge < -0.3 is 5.32 Å². The van der Waals surface area contributed by atoms with Crippen molar-refractivity contribution in [3.63, 3.8) is 0 Å². The van der Waals surface area contributed by atoms with E-state index in [1.807, 2.05) is 24.3 Å². The molecule has 1 fully saturated rings. The summed E-state index contributed by atoms with van der Waals surface area (Å²) in [7, 11) is 0. The molecular formula is C14H20ClF3N2. The Bertz CT molecular complexity index is 406. The van der Waals surface area contributed by atoms with Crippen LogP contribution in [0.1, 0.15) is 24.1 Å². The molecule has 1 aromatic rings. The van der Waals surface area contributed by atoms with E-state index in [0.29, 0.717) is 19.6 Å². The number of benzene rings is 1. The van der Waals surface area contributed by atoms with Gasteiger partial charge in [0.25, 0.3) is 0 Å². The molecular weight excluding hydrogens is 289 g/mol. The van der Waals surface area contributed by atoms with Crippen molar-refractivity contribution in [3.05, 3.63) is 35.4 Å². The summed E-state index contributed by atoms with van der Waals surface area (Å²) in [4.78, 5) is 1.51. The van der Waals surface area contributed by atoms with E-state index in [1.54, 1.807) is 0 Å². The summed E-state index contributed by atoms with van der Waals surface area (Å²) >= 11 is 0. The molecule has 0 amide bonds. The molecule has 1 unspecified atom stereocenters. The summed E-state index contributed by atoms with van der Waals surface area (Å²) in [5.41, 5.74) is 2.16. The Labute approximate surface area is 123 Å². The van der Waals surface area contributed by atoms with Gasteiger partial charge in [-0.25, -0.2) is 0 Å². The first kappa shape index (κ1) is 17.3. The number of halogens is 4. The number of hydrogen-bond acceptors (Lipinski definition) is 2. The van der Waals surface area contributed by atoms with Crippen molar-refractivity contribution < 1.29 is 13.2 Å². The maximum absolute atomic E-state index is 12.6. The van der Waals surface area contributed by atoms with Crippen molar-refractivity contribution in [2.75, 3.05) is 26.2 Å². The minimum Gasteiger partial charge on any atom is -0.314 e. The molecule has 0 spiro atoms. The standard InChI is InChI=1S/C14H19F3N2.ClH/c1-2-11-3-5-12(6-4-11)13-9-18-7-8-19(13)10-14(15,16)17;/h3-6,13,18H,2,7-10H2,1H3;1H. The average molecular weight is 309 g/mol. The van der Waals surface area contributed by atoms with Crippen molar-refractivity contribution in [2.24, 2.45) is 0 Å². The van der Waals surface area contributed by atoms with E-state index in [2.05, 4.69) is 12.2 Å². The minimum atomic E-state index is -4.14. The molecule has 1 atom stereocenters. The second-order valence-electron chi connectivity index (χ2n) is 4.90. The molecule has 2 rings (SSSR count). The molecule has 2 nitrogen and oxygen atoms in total. The Morgan fingerprint density at radius 3 is 2.45 bits per heavy atom. The fraction of sp³-hybridized carbons (Fsp3) is 0.571. The van der Waals surface area contributed by atoms with Crippen LogP contribution in [-0.4, -0.2) is 37.3 Å². The Kier molecular flexibility index (Phi) is 6.30. The first-order valence-corrected chi connectivity index (χ1v) is 6.60. The highest BCUT2D eigenvalue weighted by Gasteiger charge is 2.35. The first-order valence-electron chi connectivity index (χ1n) is 6.60. The van der Waals surface area contributed by atoms with Crippen LogP contribution in [0.4, 0.5) is 13.2 Å². The number of aryl methyl sites for hydroxylation is 1. The van der Waals surface area contributed by atoms with E-state index in [0.717, 1.165) is 12.0 Å². The summed E-state index contributed by atoms with van der Waals surface area (Å²) < 4.78 is 37.8. The lowest BCUT2D eigenvalue weighted by Gasteiger charge is -2.36. The number of alkyl halides is 3. The Morgan fingerprint density at radius 2 is 1.90 bits per heavy atom. The van der Waals surface area contributed by atoms with Crippen molar-refractivity contribution in [1.82, 2.24) is 10.2 Å². The van der Waals surface area contributed by atoms with Gasteiger partial charge in [-0.2, -0.15) is 13.2 Å². The van der Waals surface area contributed by atoms with Gasteiger partial charge >= 0.3 is 6.18 Å². The quantitative estimate of drug-likeness (QED) is 0.922. The molecule has 0 radical (unpaired) electrons. The predicted octanol–water partition coefficient (Wildman–Crippen LogP) is 3.18. The van der Waals surface area contributed by atoms with Gasteiger partial charge in [-0.1, -0.05) is 31.2 Å². The minimum absolute atomic E-state index is 0. The van der Waals surface area contributed by atoms with Gasteiger partial charge in [0.05, 0.1) is 6.54 Å². The van der Waals surface area contributed by atoms with Gasteiger partial charge in [0.1, 0.15) is 0 Å². The summed E-state index contributed by atoms with van der Waals surface area (Å²) in [6, 6.07) is 7.69. The number of hydrogen-bond donors (Lipinski definition) is 1. The van der Waals surface area contributed by atoms with Crippen LogP contribution in [0.25, 0.3) is 0 Å². The van der Waals surface area contributed by atoms with E-state index < -0.39 is 12.7 Å². The third-order valence-electron chi connectivity index (χ3n) is 3.51. The van der Waals surface area contributed by atoms with Crippen LogP contribution >= 0.6 is 12.4 Å².